The van der Waals surface area contributed by atoms with Crippen molar-refractivity contribution in [3.05, 3.63) is 77.9 Å². The van der Waals surface area contributed by atoms with Crippen LogP contribution in [0.25, 0.3) is 10.2 Å². The molecule has 0 aliphatic rings. The van der Waals surface area contributed by atoms with Crippen LogP contribution < -0.4 is 0 Å². The van der Waals surface area contributed by atoms with Crippen molar-refractivity contribution >= 4 is 44.3 Å². The number of fused-ring (bicyclic) bond motifs is 1. The van der Waals surface area contributed by atoms with E-state index in [1.165, 1.54) is 11.3 Å². The first-order valence-corrected chi connectivity index (χ1v) is 9.21. The van der Waals surface area contributed by atoms with E-state index in [1.807, 2.05) is 61.5 Å². The van der Waals surface area contributed by atoms with Crippen molar-refractivity contribution in [2.75, 3.05) is 0 Å². The van der Waals surface area contributed by atoms with Gasteiger partial charge in [-0.3, -0.25) is 0 Å². The summed E-state index contributed by atoms with van der Waals surface area (Å²) >= 11 is 1.50. The molecule has 132 valence electrons. The van der Waals surface area contributed by atoms with Crippen LogP contribution in [0.15, 0.2) is 82.0 Å². The first-order chi connectivity index (χ1) is 13.2. The molecular weight excluding hydrogens is 356 g/mol. The molecule has 1 N–H and O–H groups in total. The maximum Gasteiger partial charge on any atom is 0.210 e. The maximum atomic E-state index is 10.5. The Morgan fingerprint density at radius 2 is 1.63 bits per heavy atom. The van der Waals surface area contributed by atoms with Crippen LogP contribution >= 0.6 is 11.3 Å². The van der Waals surface area contributed by atoms with Crippen LogP contribution in [0.5, 0.6) is 5.75 Å². The van der Waals surface area contributed by atoms with Gasteiger partial charge in [-0.05, 0) is 42.8 Å². The summed E-state index contributed by atoms with van der Waals surface area (Å²) in [6.45, 7) is 1.97. The number of thiazole rings is 1. The number of hydrogen-bond acceptors (Lipinski definition) is 6. The summed E-state index contributed by atoms with van der Waals surface area (Å²) in [5.74, 6) is 0.0414. The van der Waals surface area contributed by atoms with E-state index in [9.17, 15) is 5.11 Å². The third-order valence-electron chi connectivity index (χ3n) is 4.02. The van der Waals surface area contributed by atoms with Gasteiger partial charge >= 0.3 is 0 Å². The number of aliphatic imine (C=N–C) groups is 1. The van der Waals surface area contributed by atoms with Crippen LogP contribution in [0.4, 0.5) is 16.5 Å². The first kappa shape index (κ1) is 17.1. The zero-order chi connectivity index (χ0) is 18.6. The number of phenolic OH excluding ortho intramolecular Hbond substituents is 1. The Morgan fingerprint density at radius 3 is 2.48 bits per heavy atom. The SMILES string of the molecule is Cc1ccccc1N=Nc1cccc(C=Nc2nc3ccccc3s2)c1O. The fourth-order valence-corrected chi connectivity index (χ4v) is 3.37. The van der Waals surface area contributed by atoms with E-state index in [4.69, 9.17) is 0 Å². The molecule has 0 fully saturated rings. The molecule has 0 aliphatic carbocycles. The van der Waals surface area contributed by atoms with E-state index in [-0.39, 0.29) is 5.75 Å². The number of rotatable bonds is 4. The van der Waals surface area contributed by atoms with Gasteiger partial charge in [0, 0.05) is 11.8 Å². The van der Waals surface area contributed by atoms with Gasteiger partial charge in [0.05, 0.1) is 15.9 Å². The molecule has 4 rings (SSSR count). The van der Waals surface area contributed by atoms with E-state index >= 15 is 0 Å². The Kier molecular flexibility index (Phi) is 4.72. The summed E-state index contributed by atoms with van der Waals surface area (Å²) in [5.41, 5.74) is 3.67. The van der Waals surface area contributed by atoms with Gasteiger partial charge in [-0.2, -0.15) is 5.11 Å². The molecule has 0 atom stereocenters. The average Bonchev–Trinajstić information content (AvgIpc) is 3.10. The lowest BCUT2D eigenvalue weighted by Crippen LogP contribution is -1.82. The molecule has 6 heteroatoms. The van der Waals surface area contributed by atoms with Crippen molar-refractivity contribution in [1.82, 2.24) is 4.98 Å². The Labute approximate surface area is 160 Å². The topological polar surface area (TPSA) is 70.2 Å². The van der Waals surface area contributed by atoms with E-state index in [2.05, 4.69) is 20.2 Å². The Bertz CT molecular complexity index is 1130. The molecule has 1 aromatic heterocycles. The van der Waals surface area contributed by atoms with E-state index < -0.39 is 0 Å². The lowest BCUT2D eigenvalue weighted by atomic mass is 10.2. The van der Waals surface area contributed by atoms with Crippen molar-refractivity contribution in [2.45, 2.75) is 6.92 Å². The van der Waals surface area contributed by atoms with Crippen LogP contribution in [0.1, 0.15) is 11.1 Å². The highest BCUT2D eigenvalue weighted by atomic mass is 32.1. The Morgan fingerprint density at radius 1 is 0.889 bits per heavy atom. The number of aromatic hydroxyl groups is 1. The summed E-state index contributed by atoms with van der Waals surface area (Å²) in [7, 11) is 0. The molecule has 27 heavy (non-hydrogen) atoms. The second-order valence-electron chi connectivity index (χ2n) is 5.92. The summed E-state index contributed by atoms with van der Waals surface area (Å²) < 4.78 is 1.08. The van der Waals surface area contributed by atoms with Crippen LogP contribution in [0.2, 0.25) is 0 Å². The zero-order valence-electron chi connectivity index (χ0n) is 14.6. The van der Waals surface area contributed by atoms with Gasteiger partial charge in [0.2, 0.25) is 5.13 Å². The number of para-hydroxylation sites is 2. The molecule has 0 bridgehead atoms. The normalized spacial score (nSPS) is 11.7. The molecule has 0 saturated heterocycles. The highest BCUT2D eigenvalue weighted by Gasteiger charge is 2.06. The number of phenols is 1. The molecule has 0 amide bonds. The van der Waals surface area contributed by atoms with E-state index in [0.29, 0.717) is 16.4 Å². The number of nitrogens with zero attached hydrogens (tertiary/aromatic N) is 4. The van der Waals surface area contributed by atoms with Crippen LogP contribution in [-0.2, 0) is 0 Å². The molecule has 3 aromatic carbocycles. The third-order valence-corrected chi connectivity index (χ3v) is 4.97. The largest absolute Gasteiger partial charge is 0.505 e. The van der Waals surface area contributed by atoms with Crippen molar-refractivity contribution in [3.63, 3.8) is 0 Å². The first-order valence-electron chi connectivity index (χ1n) is 8.40. The number of azo groups is 1. The summed E-state index contributed by atoms with van der Waals surface area (Å²) in [4.78, 5) is 8.86. The standard InChI is InChI=1S/C21H16N4OS/c1-14-7-2-3-9-16(14)24-25-18-11-6-8-15(20(18)26)13-22-21-23-17-10-4-5-12-19(17)27-21/h2-13,26H,1H3. The minimum Gasteiger partial charge on any atom is -0.505 e. The summed E-state index contributed by atoms with van der Waals surface area (Å²) in [6, 6.07) is 20.9. The third kappa shape index (κ3) is 3.75. The fraction of sp³-hybridized carbons (Fsp3) is 0.0476. The van der Waals surface area contributed by atoms with Crippen molar-refractivity contribution in [1.29, 1.82) is 0 Å². The van der Waals surface area contributed by atoms with Gasteiger partial charge in [0.25, 0.3) is 0 Å². The predicted molar refractivity (Wildman–Crippen MR) is 110 cm³/mol. The number of benzene rings is 3. The summed E-state index contributed by atoms with van der Waals surface area (Å²) in [6.07, 6.45) is 1.60. The highest BCUT2D eigenvalue weighted by Crippen LogP contribution is 2.32. The van der Waals surface area contributed by atoms with Crippen LogP contribution in [0, 0.1) is 6.92 Å². The molecule has 4 aromatic rings. The quantitative estimate of drug-likeness (QED) is 0.329. The van der Waals surface area contributed by atoms with Gasteiger partial charge in [-0.25, -0.2) is 9.98 Å². The molecule has 1 heterocycles. The minimum atomic E-state index is 0.0414. The van der Waals surface area contributed by atoms with Gasteiger partial charge in [0.15, 0.2) is 5.75 Å². The van der Waals surface area contributed by atoms with Crippen molar-refractivity contribution < 1.29 is 5.11 Å². The maximum absolute atomic E-state index is 10.5. The number of hydrogen-bond donors (Lipinski definition) is 1. The lowest BCUT2D eigenvalue weighted by molar-refractivity contribution is 0.475. The van der Waals surface area contributed by atoms with Crippen LogP contribution in [0.3, 0.4) is 0 Å². The lowest BCUT2D eigenvalue weighted by Gasteiger charge is -2.02. The second-order valence-corrected chi connectivity index (χ2v) is 6.93. The minimum absolute atomic E-state index is 0.0414. The number of aromatic nitrogens is 1. The van der Waals surface area contributed by atoms with Crippen molar-refractivity contribution in [2.24, 2.45) is 15.2 Å². The smallest absolute Gasteiger partial charge is 0.210 e. The van der Waals surface area contributed by atoms with Gasteiger partial charge in [-0.15, -0.1) is 5.11 Å². The summed E-state index contributed by atoms with van der Waals surface area (Å²) in [5, 5.41) is 19.6. The average molecular weight is 372 g/mol. The molecule has 0 radical (unpaired) electrons. The van der Waals surface area contributed by atoms with Gasteiger partial charge in [0.1, 0.15) is 5.69 Å². The Hall–Kier alpha value is -3.38. The van der Waals surface area contributed by atoms with Crippen LogP contribution in [-0.4, -0.2) is 16.3 Å². The highest BCUT2D eigenvalue weighted by molar-refractivity contribution is 7.22. The molecule has 0 spiro atoms. The molecule has 0 unspecified atom stereocenters. The van der Waals surface area contributed by atoms with Gasteiger partial charge in [-0.1, -0.05) is 47.7 Å². The monoisotopic (exact) mass is 372 g/mol. The predicted octanol–water partition coefficient (Wildman–Crippen LogP) is 6.48. The van der Waals surface area contributed by atoms with E-state index in [0.717, 1.165) is 21.5 Å². The molecular formula is C21H16N4OS. The molecule has 0 aliphatic heterocycles. The number of aryl methyl sites for hydroxylation is 1. The molecule has 0 saturated carbocycles. The second kappa shape index (κ2) is 7.47. The van der Waals surface area contributed by atoms with Crippen molar-refractivity contribution in [3.8, 4) is 5.75 Å². The zero-order valence-corrected chi connectivity index (χ0v) is 15.4. The molecule has 5 nitrogen and oxygen atoms in total. The fourth-order valence-electron chi connectivity index (χ4n) is 2.56. The van der Waals surface area contributed by atoms with E-state index in [1.54, 1.807) is 18.3 Å². The Balaban J connectivity index is 1.61. The van der Waals surface area contributed by atoms with Gasteiger partial charge < -0.3 is 5.11 Å².